The van der Waals surface area contributed by atoms with Crippen LogP contribution in [-0.4, -0.2) is 53.8 Å². The summed E-state index contributed by atoms with van der Waals surface area (Å²) < 4.78 is 5.56. The van der Waals surface area contributed by atoms with Crippen molar-refractivity contribution in [2.24, 2.45) is 0 Å². The van der Waals surface area contributed by atoms with Crippen LogP contribution in [0.4, 0.5) is 0 Å². The molecular weight excluding hydrogens is 380 g/mol. The largest absolute Gasteiger partial charge is 0.507 e. The molecule has 0 aliphatic carbocycles. The van der Waals surface area contributed by atoms with Crippen LogP contribution in [0.2, 0.25) is 0 Å². The standard InChI is InChI=1S/C24H24N2O4/c1-25(2)12-6-13-26-21(19-9-5-14-30-19)20(23(28)24(26)29)22(27)18-11-10-16-7-3-4-8-17(16)15-18/h3-5,7-11,14-15,21,27H,6,12-13H2,1-2H3/b22-20-. The molecule has 1 unspecified atom stereocenters. The maximum Gasteiger partial charge on any atom is 0.295 e. The number of hydrogen-bond donors (Lipinski definition) is 1. The van der Waals surface area contributed by atoms with Crippen LogP contribution in [-0.2, 0) is 9.59 Å². The van der Waals surface area contributed by atoms with Gasteiger partial charge >= 0.3 is 0 Å². The Kier molecular flexibility index (Phi) is 5.42. The molecule has 1 saturated heterocycles. The summed E-state index contributed by atoms with van der Waals surface area (Å²) in [4.78, 5) is 29.3. The highest BCUT2D eigenvalue weighted by molar-refractivity contribution is 6.46. The van der Waals surface area contributed by atoms with Gasteiger partial charge in [0.1, 0.15) is 17.6 Å². The van der Waals surface area contributed by atoms with Crippen molar-refractivity contribution >= 4 is 28.2 Å². The molecule has 1 aliphatic rings. The quantitative estimate of drug-likeness (QED) is 0.384. The number of carbonyl (C=O) groups excluding carboxylic acids is 2. The number of aliphatic hydroxyl groups excluding tert-OH is 1. The van der Waals surface area contributed by atoms with Gasteiger partial charge in [-0.15, -0.1) is 0 Å². The van der Waals surface area contributed by atoms with E-state index in [1.807, 2.05) is 55.4 Å². The summed E-state index contributed by atoms with van der Waals surface area (Å²) in [6.45, 7) is 1.17. The van der Waals surface area contributed by atoms with Gasteiger partial charge in [0.25, 0.3) is 11.7 Å². The molecule has 2 heterocycles. The van der Waals surface area contributed by atoms with Crippen LogP contribution in [0.25, 0.3) is 16.5 Å². The van der Waals surface area contributed by atoms with Gasteiger partial charge in [0.05, 0.1) is 11.8 Å². The number of ketones is 1. The number of nitrogens with zero attached hydrogens (tertiary/aromatic N) is 2. The van der Waals surface area contributed by atoms with Gasteiger partial charge in [-0.1, -0.05) is 36.4 Å². The molecule has 154 valence electrons. The molecule has 0 radical (unpaired) electrons. The summed E-state index contributed by atoms with van der Waals surface area (Å²) in [6, 6.07) is 15.9. The number of rotatable bonds is 6. The summed E-state index contributed by atoms with van der Waals surface area (Å²) in [7, 11) is 3.91. The topological polar surface area (TPSA) is 74.0 Å². The van der Waals surface area contributed by atoms with Crippen LogP contribution in [0, 0.1) is 0 Å². The molecule has 0 bridgehead atoms. The van der Waals surface area contributed by atoms with Crippen molar-refractivity contribution in [2.45, 2.75) is 12.5 Å². The minimum Gasteiger partial charge on any atom is -0.507 e. The molecule has 4 rings (SSSR count). The van der Waals surface area contributed by atoms with Crippen molar-refractivity contribution in [1.82, 2.24) is 9.80 Å². The van der Waals surface area contributed by atoms with Crippen LogP contribution in [0.5, 0.6) is 0 Å². The number of aliphatic hydroxyl groups is 1. The van der Waals surface area contributed by atoms with Gasteiger partial charge in [-0.25, -0.2) is 0 Å². The Morgan fingerprint density at radius 3 is 2.53 bits per heavy atom. The van der Waals surface area contributed by atoms with E-state index in [-0.39, 0.29) is 11.3 Å². The van der Waals surface area contributed by atoms with E-state index in [1.54, 1.807) is 18.2 Å². The summed E-state index contributed by atoms with van der Waals surface area (Å²) in [5.41, 5.74) is 0.562. The predicted molar refractivity (Wildman–Crippen MR) is 115 cm³/mol. The van der Waals surface area contributed by atoms with Gasteiger partial charge in [0.2, 0.25) is 0 Å². The zero-order valence-electron chi connectivity index (χ0n) is 17.0. The molecule has 1 atom stereocenters. The first kappa shape index (κ1) is 19.9. The van der Waals surface area contributed by atoms with Crippen LogP contribution >= 0.6 is 0 Å². The number of Topliss-reactive ketones (excluding diaryl/α,β-unsaturated/α-hetero) is 1. The first-order chi connectivity index (χ1) is 14.5. The second-order valence-electron chi connectivity index (χ2n) is 7.73. The molecule has 2 aromatic carbocycles. The van der Waals surface area contributed by atoms with E-state index in [4.69, 9.17) is 4.42 Å². The number of carbonyl (C=O) groups is 2. The average Bonchev–Trinajstić information content (AvgIpc) is 3.35. The van der Waals surface area contributed by atoms with Gasteiger partial charge < -0.3 is 19.3 Å². The van der Waals surface area contributed by atoms with Gasteiger partial charge in [-0.05, 0) is 56.0 Å². The number of furan rings is 1. The van der Waals surface area contributed by atoms with E-state index >= 15 is 0 Å². The number of likely N-dealkylation sites (tertiary alicyclic amines) is 1. The zero-order valence-corrected chi connectivity index (χ0v) is 17.0. The van der Waals surface area contributed by atoms with E-state index in [0.717, 1.165) is 17.3 Å². The third kappa shape index (κ3) is 3.62. The normalized spacial score (nSPS) is 18.6. The molecule has 1 amide bonds. The monoisotopic (exact) mass is 404 g/mol. The van der Waals surface area contributed by atoms with Crippen molar-refractivity contribution < 1.29 is 19.1 Å². The summed E-state index contributed by atoms with van der Waals surface area (Å²) >= 11 is 0. The van der Waals surface area contributed by atoms with Crippen LogP contribution < -0.4 is 0 Å². The second kappa shape index (κ2) is 8.16. The van der Waals surface area contributed by atoms with E-state index in [2.05, 4.69) is 0 Å². The highest BCUT2D eigenvalue weighted by Gasteiger charge is 2.47. The first-order valence-electron chi connectivity index (χ1n) is 9.93. The second-order valence-corrected chi connectivity index (χ2v) is 7.73. The number of fused-ring (bicyclic) bond motifs is 1. The molecule has 6 nitrogen and oxygen atoms in total. The Balaban J connectivity index is 1.78. The minimum atomic E-state index is -0.742. The maximum absolute atomic E-state index is 12.9. The molecule has 0 spiro atoms. The Bertz CT molecular complexity index is 1120. The van der Waals surface area contributed by atoms with Crippen LogP contribution in [0.15, 0.2) is 70.9 Å². The van der Waals surface area contributed by atoms with Gasteiger partial charge in [-0.3, -0.25) is 9.59 Å². The average molecular weight is 404 g/mol. The minimum absolute atomic E-state index is 0.0649. The number of benzene rings is 2. The first-order valence-corrected chi connectivity index (χ1v) is 9.93. The smallest absolute Gasteiger partial charge is 0.295 e. The zero-order chi connectivity index (χ0) is 21.3. The maximum atomic E-state index is 12.9. The van der Waals surface area contributed by atoms with E-state index in [1.165, 1.54) is 11.2 Å². The molecule has 30 heavy (non-hydrogen) atoms. The third-order valence-electron chi connectivity index (χ3n) is 5.38. The predicted octanol–water partition coefficient (Wildman–Crippen LogP) is 3.81. The molecule has 1 aromatic heterocycles. The van der Waals surface area contributed by atoms with Gasteiger partial charge in [-0.2, -0.15) is 0 Å². The van der Waals surface area contributed by atoms with E-state index in [9.17, 15) is 14.7 Å². The van der Waals surface area contributed by atoms with Crippen molar-refractivity contribution in [3.63, 3.8) is 0 Å². The fourth-order valence-corrected chi connectivity index (χ4v) is 3.90. The Morgan fingerprint density at radius 2 is 1.83 bits per heavy atom. The lowest BCUT2D eigenvalue weighted by Gasteiger charge is -2.24. The Labute approximate surface area is 175 Å². The summed E-state index contributed by atoms with van der Waals surface area (Å²) in [5, 5.41) is 13.1. The van der Waals surface area contributed by atoms with E-state index in [0.29, 0.717) is 24.3 Å². The highest BCUT2D eigenvalue weighted by atomic mass is 16.3. The van der Waals surface area contributed by atoms with Crippen molar-refractivity contribution in [3.05, 3.63) is 77.8 Å². The van der Waals surface area contributed by atoms with Gasteiger partial charge in [0, 0.05) is 12.1 Å². The van der Waals surface area contributed by atoms with Crippen molar-refractivity contribution in [3.8, 4) is 0 Å². The molecular formula is C24H24N2O4. The molecule has 3 aromatic rings. The SMILES string of the molecule is CN(C)CCCN1C(=O)C(=O)/C(=C(\O)c2ccc3ccccc3c2)C1c1ccco1. The number of hydrogen-bond acceptors (Lipinski definition) is 5. The fourth-order valence-electron chi connectivity index (χ4n) is 3.90. The van der Waals surface area contributed by atoms with E-state index < -0.39 is 17.7 Å². The molecule has 0 saturated carbocycles. The molecule has 1 fully saturated rings. The Hall–Kier alpha value is -3.38. The van der Waals surface area contributed by atoms with Gasteiger partial charge in [0.15, 0.2) is 0 Å². The molecule has 1 aliphatic heterocycles. The lowest BCUT2D eigenvalue weighted by molar-refractivity contribution is -0.140. The van der Waals surface area contributed by atoms with Crippen LogP contribution in [0.3, 0.4) is 0 Å². The highest BCUT2D eigenvalue weighted by Crippen LogP contribution is 2.39. The third-order valence-corrected chi connectivity index (χ3v) is 5.38. The molecule has 6 heteroatoms. The lowest BCUT2D eigenvalue weighted by atomic mass is 9.97. The fraction of sp³-hybridized carbons (Fsp3) is 0.250. The summed E-state index contributed by atoms with van der Waals surface area (Å²) in [6.07, 6.45) is 2.21. The summed E-state index contributed by atoms with van der Waals surface area (Å²) in [5.74, 6) is -1.03. The number of amides is 1. The van der Waals surface area contributed by atoms with Crippen molar-refractivity contribution in [1.29, 1.82) is 0 Å². The Morgan fingerprint density at radius 1 is 1.07 bits per heavy atom. The van der Waals surface area contributed by atoms with Crippen LogP contribution in [0.1, 0.15) is 23.8 Å². The molecule has 1 N–H and O–H groups in total. The van der Waals surface area contributed by atoms with Crippen molar-refractivity contribution in [2.75, 3.05) is 27.2 Å². The lowest BCUT2D eigenvalue weighted by Crippen LogP contribution is -2.32.